The molecule has 2 aliphatic heterocycles. The van der Waals surface area contributed by atoms with Gasteiger partial charge in [0.1, 0.15) is 0 Å². The molecule has 0 aliphatic carbocycles. The van der Waals surface area contributed by atoms with Gasteiger partial charge < -0.3 is 15.0 Å². The van der Waals surface area contributed by atoms with Gasteiger partial charge in [-0.1, -0.05) is 72.8 Å². The van der Waals surface area contributed by atoms with E-state index < -0.39 is 0 Å². The van der Waals surface area contributed by atoms with Gasteiger partial charge in [-0.3, -0.25) is 4.90 Å². The van der Waals surface area contributed by atoms with Crippen LogP contribution in [0.3, 0.4) is 0 Å². The number of morpholine rings is 1. The average Bonchev–Trinajstić information content (AvgIpc) is 2.99. The second kappa shape index (κ2) is 14.2. The largest absolute Gasteiger partial charge is 0.373 e. The highest BCUT2D eigenvalue weighted by Gasteiger charge is 2.24. The molecule has 0 spiro atoms. The predicted molar refractivity (Wildman–Crippen MR) is 170 cm³/mol. The van der Waals surface area contributed by atoms with E-state index in [1.807, 2.05) is 54.6 Å². The monoisotopic (exact) mass is 566 g/mol. The summed E-state index contributed by atoms with van der Waals surface area (Å²) in [6.07, 6.45) is 3.69. The molecule has 2 aliphatic rings. The third-order valence-electron chi connectivity index (χ3n) is 7.81. The lowest BCUT2D eigenvalue weighted by Gasteiger charge is -2.36. The second-order valence-electron chi connectivity index (χ2n) is 11.2. The maximum Gasteiger partial charge on any atom is 0.321 e. The zero-order valence-electron chi connectivity index (χ0n) is 24.9. The molecule has 1 saturated heterocycles. The number of carbonyl (C=O) groups is 1. The van der Waals surface area contributed by atoms with Crippen molar-refractivity contribution >= 4 is 23.6 Å². The molecule has 2 atom stereocenters. The number of rotatable bonds is 10. The van der Waals surface area contributed by atoms with E-state index in [9.17, 15) is 4.79 Å². The van der Waals surface area contributed by atoms with Crippen LogP contribution in [0, 0.1) is 0 Å². The number of urea groups is 1. The van der Waals surface area contributed by atoms with E-state index in [-0.39, 0.29) is 24.2 Å². The van der Waals surface area contributed by atoms with Crippen LogP contribution < -0.4 is 5.32 Å². The number of anilines is 1. The first kappa shape index (κ1) is 29.5. The lowest BCUT2D eigenvalue weighted by atomic mass is 9.88. The van der Waals surface area contributed by atoms with E-state index in [0.717, 1.165) is 43.0 Å². The molecular formula is C34H42N6O2. The van der Waals surface area contributed by atoms with Crippen LogP contribution in [0.2, 0.25) is 0 Å². The van der Waals surface area contributed by atoms with Crippen molar-refractivity contribution < 1.29 is 9.53 Å². The van der Waals surface area contributed by atoms with Crippen LogP contribution in [-0.4, -0.2) is 84.9 Å². The molecule has 42 heavy (non-hydrogen) atoms. The summed E-state index contributed by atoms with van der Waals surface area (Å²) in [5, 5.41) is 13.4. The van der Waals surface area contributed by atoms with Crippen LogP contribution in [0.4, 0.5) is 10.5 Å². The molecule has 220 valence electrons. The Morgan fingerprint density at radius 3 is 2.26 bits per heavy atom. The Kier molecular flexibility index (Phi) is 10.0. The molecule has 3 aromatic carbocycles. The van der Waals surface area contributed by atoms with E-state index in [1.54, 1.807) is 5.12 Å². The summed E-state index contributed by atoms with van der Waals surface area (Å²) in [4.78, 5) is 18.2. The molecule has 0 saturated carbocycles. The minimum absolute atomic E-state index is 0.0920. The summed E-state index contributed by atoms with van der Waals surface area (Å²) in [5.41, 5.74) is 5.17. The van der Waals surface area contributed by atoms with Crippen LogP contribution in [0.15, 0.2) is 95.1 Å². The summed E-state index contributed by atoms with van der Waals surface area (Å²) in [5.74, 6) is 0.192. The van der Waals surface area contributed by atoms with E-state index in [4.69, 9.17) is 4.74 Å². The molecule has 2 heterocycles. The van der Waals surface area contributed by atoms with Gasteiger partial charge in [0.15, 0.2) is 0 Å². The number of benzene rings is 3. The number of ether oxygens (including phenoxy) is 1. The van der Waals surface area contributed by atoms with Crippen LogP contribution in [0.25, 0.3) is 0 Å². The first-order valence-corrected chi connectivity index (χ1v) is 14.9. The highest BCUT2D eigenvalue weighted by atomic mass is 16.5. The maximum absolute atomic E-state index is 13.9. The Bertz CT molecular complexity index is 1310. The van der Waals surface area contributed by atoms with Crippen molar-refractivity contribution in [2.45, 2.75) is 44.8 Å². The first-order chi connectivity index (χ1) is 20.4. The minimum Gasteiger partial charge on any atom is -0.373 e. The quantitative estimate of drug-likeness (QED) is 0.333. The summed E-state index contributed by atoms with van der Waals surface area (Å²) in [7, 11) is 1.81. The van der Waals surface area contributed by atoms with Crippen molar-refractivity contribution in [3.8, 4) is 0 Å². The van der Waals surface area contributed by atoms with Gasteiger partial charge in [0.25, 0.3) is 0 Å². The highest BCUT2D eigenvalue weighted by molar-refractivity contribution is 6.08. The van der Waals surface area contributed by atoms with Crippen molar-refractivity contribution in [2.24, 2.45) is 10.2 Å². The third kappa shape index (κ3) is 8.05. The topological polar surface area (TPSA) is 72.8 Å². The first-order valence-electron chi connectivity index (χ1n) is 14.9. The summed E-state index contributed by atoms with van der Waals surface area (Å²) in [6.45, 7) is 8.04. The van der Waals surface area contributed by atoms with Crippen LogP contribution in [0.1, 0.15) is 49.3 Å². The van der Waals surface area contributed by atoms with Gasteiger partial charge in [0, 0.05) is 69.6 Å². The molecule has 2 amide bonds. The standard InChI is InChI=1S/C34H42N6O2/c1-26-24-39(25-27(2)42-26)21-22-40(20-18-32(28-11-6-4-7-12-28)29-13-8-5-9-14-29)34(41)36-31-16-10-15-30(23-31)33-17-19-35-38(3)37-33/h4-16,19,23,26-27,32H,17-18,20-22,24-25H2,1-3H3,(H,36,41). The number of nitrogens with zero attached hydrogens (tertiary/aromatic N) is 5. The number of hydrogen-bond acceptors (Lipinski definition) is 6. The van der Waals surface area contributed by atoms with Crippen molar-refractivity contribution in [1.82, 2.24) is 14.9 Å². The number of hydrogen-bond donors (Lipinski definition) is 1. The summed E-state index contributed by atoms with van der Waals surface area (Å²) >= 11 is 0. The maximum atomic E-state index is 13.9. The Labute approximate surface area is 249 Å². The SMILES string of the molecule is CC1CN(CCN(CCC(c2ccccc2)c2ccccc2)C(=O)Nc2cccc(C3=NN(C)N=CC3)c2)CC(C)O1. The molecule has 8 heteroatoms. The Balaban J connectivity index is 1.33. The average molecular weight is 567 g/mol. The van der Waals surface area contributed by atoms with Gasteiger partial charge in [-0.05, 0) is 43.5 Å². The lowest BCUT2D eigenvalue weighted by molar-refractivity contribution is -0.0686. The number of carbonyl (C=O) groups excluding carboxylic acids is 1. The Morgan fingerprint density at radius 2 is 1.62 bits per heavy atom. The molecular weight excluding hydrogens is 524 g/mol. The Hall–Kier alpha value is -4.01. The number of hydrazone groups is 2. The van der Waals surface area contributed by atoms with E-state index >= 15 is 0 Å². The number of nitrogens with one attached hydrogen (secondary N) is 1. The predicted octanol–water partition coefficient (Wildman–Crippen LogP) is 5.88. The molecule has 2 unspecified atom stereocenters. The third-order valence-corrected chi connectivity index (χ3v) is 7.81. The van der Waals surface area contributed by atoms with E-state index in [1.165, 1.54) is 11.1 Å². The smallest absolute Gasteiger partial charge is 0.321 e. The summed E-state index contributed by atoms with van der Waals surface area (Å²) in [6, 6.07) is 29.0. The van der Waals surface area contributed by atoms with E-state index in [2.05, 4.69) is 82.8 Å². The normalized spacial score (nSPS) is 19.0. The molecule has 1 N–H and O–H groups in total. The molecule has 0 aromatic heterocycles. The molecule has 3 aromatic rings. The zero-order chi connectivity index (χ0) is 29.3. The second-order valence-corrected chi connectivity index (χ2v) is 11.2. The van der Waals surface area contributed by atoms with Crippen molar-refractivity contribution in [1.29, 1.82) is 0 Å². The number of amides is 2. The van der Waals surface area contributed by atoms with Gasteiger partial charge in [-0.15, -0.1) is 0 Å². The van der Waals surface area contributed by atoms with Crippen molar-refractivity contribution in [3.63, 3.8) is 0 Å². The highest BCUT2D eigenvalue weighted by Crippen LogP contribution is 2.28. The van der Waals surface area contributed by atoms with Crippen LogP contribution in [0.5, 0.6) is 0 Å². The van der Waals surface area contributed by atoms with Gasteiger partial charge in [0.05, 0.1) is 17.9 Å². The van der Waals surface area contributed by atoms with Crippen LogP contribution >= 0.6 is 0 Å². The molecule has 5 rings (SSSR count). The fourth-order valence-electron chi connectivity index (χ4n) is 5.87. The van der Waals surface area contributed by atoms with Crippen molar-refractivity contribution in [3.05, 3.63) is 102 Å². The zero-order valence-corrected chi connectivity index (χ0v) is 24.9. The Morgan fingerprint density at radius 1 is 0.952 bits per heavy atom. The van der Waals surface area contributed by atoms with Gasteiger partial charge in [-0.25, -0.2) is 4.79 Å². The lowest BCUT2D eigenvalue weighted by Crippen LogP contribution is -2.49. The van der Waals surface area contributed by atoms with Gasteiger partial charge >= 0.3 is 6.03 Å². The molecule has 0 bridgehead atoms. The van der Waals surface area contributed by atoms with Gasteiger partial charge in [-0.2, -0.15) is 15.3 Å². The molecule has 0 radical (unpaired) electrons. The molecule has 8 nitrogen and oxygen atoms in total. The fraction of sp³-hybridized carbons (Fsp3) is 0.382. The fourth-order valence-corrected chi connectivity index (χ4v) is 5.87. The molecule has 1 fully saturated rings. The van der Waals surface area contributed by atoms with Gasteiger partial charge in [0.2, 0.25) is 0 Å². The van der Waals surface area contributed by atoms with Crippen LogP contribution in [-0.2, 0) is 4.74 Å². The summed E-state index contributed by atoms with van der Waals surface area (Å²) < 4.78 is 5.94. The minimum atomic E-state index is -0.0920. The van der Waals surface area contributed by atoms with Crippen molar-refractivity contribution in [2.75, 3.05) is 45.1 Å². The van der Waals surface area contributed by atoms with E-state index in [0.29, 0.717) is 19.5 Å².